The lowest BCUT2D eigenvalue weighted by atomic mass is 10.4. The molecule has 1 aromatic carbocycles. The molecular weight excluding hydrogens is 378 g/mol. The number of methoxy groups -OCH3 is 1. The lowest BCUT2D eigenvalue weighted by molar-refractivity contribution is 0.204. The van der Waals surface area contributed by atoms with Crippen LogP contribution in [0.4, 0.5) is 0 Å². The minimum atomic E-state index is -3.91. The third kappa shape index (κ3) is 4.33. The van der Waals surface area contributed by atoms with E-state index in [0.717, 1.165) is 6.07 Å². The Morgan fingerprint density at radius 3 is 2.46 bits per heavy atom. The molecule has 0 unspecified atom stereocenters. The molecule has 1 heterocycles. The number of benzene rings is 1. The molecule has 8 nitrogen and oxygen atoms in total. The minimum Gasteiger partial charge on any atom is -0.383 e. The van der Waals surface area contributed by atoms with Crippen molar-refractivity contribution >= 4 is 29.7 Å². The van der Waals surface area contributed by atoms with E-state index in [2.05, 4.69) is 4.72 Å². The third-order valence-electron chi connectivity index (χ3n) is 3.67. The first-order chi connectivity index (χ1) is 11.1. The Hall–Kier alpha value is -1.01. The van der Waals surface area contributed by atoms with Crippen molar-refractivity contribution in [2.75, 3.05) is 31.8 Å². The number of sulfone groups is 2. The first-order valence-corrected chi connectivity index (χ1v) is 12.0. The van der Waals surface area contributed by atoms with Gasteiger partial charge in [0.05, 0.1) is 33.2 Å². The van der Waals surface area contributed by atoms with E-state index in [-0.39, 0.29) is 35.1 Å². The van der Waals surface area contributed by atoms with Crippen LogP contribution in [0.1, 0.15) is 6.42 Å². The van der Waals surface area contributed by atoms with E-state index in [1.54, 1.807) is 0 Å². The van der Waals surface area contributed by atoms with Crippen LogP contribution in [0, 0.1) is 0 Å². The molecule has 1 aliphatic heterocycles. The number of rotatable bonds is 7. The fourth-order valence-electron chi connectivity index (χ4n) is 2.38. The van der Waals surface area contributed by atoms with E-state index < -0.39 is 40.7 Å². The van der Waals surface area contributed by atoms with Gasteiger partial charge in [0.2, 0.25) is 10.0 Å². The summed E-state index contributed by atoms with van der Waals surface area (Å²) in [6.45, 7) is 0.230. The van der Waals surface area contributed by atoms with E-state index in [1.807, 2.05) is 0 Å². The van der Waals surface area contributed by atoms with Gasteiger partial charge in [-0.1, -0.05) is 6.07 Å². The van der Waals surface area contributed by atoms with Crippen LogP contribution in [0.3, 0.4) is 0 Å². The maximum Gasteiger partial charge on any atom is 0.240 e. The van der Waals surface area contributed by atoms with Crippen molar-refractivity contribution in [1.82, 2.24) is 4.72 Å². The molecule has 0 aromatic heterocycles. The van der Waals surface area contributed by atoms with Crippen LogP contribution < -0.4 is 4.72 Å². The fourth-order valence-corrected chi connectivity index (χ4v) is 7.91. The van der Waals surface area contributed by atoms with Crippen molar-refractivity contribution in [1.29, 1.82) is 0 Å². The maximum atomic E-state index is 12.6. The minimum absolute atomic E-state index is 0.0216. The summed E-state index contributed by atoms with van der Waals surface area (Å²) in [6, 6.07) is 4.92. The van der Waals surface area contributed by atoms with Gasteiger partial charge in [-0.15, -0.1) is 0 Å². The average Bonchev–Trinajstić information content (AvgIpc) is 2.88. The van der Waals surface area contributed by atoms with Gasteiger partial charge in [0.25, 0.3) is 0 Å². The van der Waals surface area contributed by atoms with Crippen LogP contribution in [0.2, 0.25) is 0 Å². The molecule has 1 saturated heterocycles. The van der Waals surface area contributed by atoms with Gasteiger partial charge in [-0.3, -0.25) is 0 Å². The van der Waals surface area contributed by atoms with Crippen molar-refractivity contribution < 1.29 is 30.0 Å². The second kappa shape index (κ2) is 7.08. The van der Waals surface area contributed by atoms with E-state index in [1.165, 1.54) is 25.3 Å². The zero-order valence-corrected chi connectivity index (χ0v) is 15.5. The van der Waals surface area contributed by atoms with Crippen molar-refractivity contribution in [2.24, 2.45) is 0 Å². The molecule has 1 fully saturated rings. The first kappa shape index (κ1) is 19.3. The second-order valence-electron chi connectivity index (χ2n) is 5.44. The fraction of sp³-hybridized carbons (Fsp3) is 0.538. The van der Waals surface area contributed by atoms with Gasteiger partial charge < -0.3 is 4.74 Å². The molecule has 24 heavy (non-hydrogen) atoms. The summed E-state index contributed by atoms with van der Waals surface area (Å²) < 4.78 is 79.5. The summed E-state index contributed by atoms with van der Waals surface area (Å²) in [6.07, 6.45) is 0.0216. The topological polar surface area (TPSA) is 124 Å². The quantitative estimate of drug-likeness (QED) is 0.619. The average molecular weight is 397 g/mol. The molecule has 1 atom stereocenters. The van der Waals surface area contributed by atoms with Crippen molar-refractivity contribution in [3.63, 3.8) is 0 Å². The summed E-state index contributed by atoms with van der Waals surface area (Å²) in [5, 5.41) is -1.04. The molecule has 0 saturated carbocycles. The van der Waals surface area contributed by atoms with Crippen LogP contribution in [-0.2, 0) is 34.4 Å². The summed E-state index contributed by atoms with van der Waals surface area (Å²) in [5.74, 6) is -0.605. The SMILES string of the molecule is COCCNS(=O)(=O)c1cccc(S(=O)(=O)[C@@H]2CCS(=O)(=O)C2)c1. The van der Waals surface area contributed by atoms with Crippen molar-refractivity contribution in [3.8, 4) is 0 Å². The van der Waals surface area contributed by atoms with Gasteiger partial charge in [-0.05, 0) is 24.6 Å². The zero-order chi connectivity index (χ0) is 18.0. The summed E-state index contributed by atoms with van der Waals surface area (Å²) in [7, 11) is -9.72. The van der Waals surface area contributed by atoms with Gasteiger partial charge >= 0.3 is 0 Å². The Morgan fingerprint density at radius 1 is 1.21 bits per heavy atom. The summed E-state index contributed by atoms with van der Waals surface area (Å²) in [5.41, 5.74) is 0. The Balaban J connectivity index is 2.30. The lowest BCUT2D eigenvalue weighted by Gasteiger charge is -2.12. The standard InChI is InChI=1S/C13H19NO7S3/c1-21-7-6-14-24(19,20)12-4-2-3-11(9-12)23(17,18)13-5-8-22(15,16)10-13/h2-4,9,13-14H,5-8,10H2,1H3/t13-/m1/s1. The van der Waals surface area contributed by atoms with Gasteiger partial charge in [-0.25, -0.2) is 30.0 Å². The monoisotopic (exact) mass is 397 g/mol. The van der Waals surface area contributed by atoms with Crippen LogP contribution in [0.15, 0.2) is 34.1 Å². The molecule has 1 aliphatic rings. The first-order valence-electron chi connectivity index (χ1n) is 7.11. The number of hydrogen-bond donors (Lipinski definition) is 1. The normalized spacial score (nSPS) is 21.0. The van der Waals surface area contributed by atoms with Crippen LogP contribution in [0.25, 0.3) is 0 Å². The Kier molecular flexibility index (Phi) is 5.70. The molecule has 0 spiro atoms. The molecule has 0 radical (unpaired) electrons. The number of nitrogens with one attached hydrogen (secondary N) is 1. The predicted octanol–water partition coefficient (Wildman–Crippen LogP) is -0.428. The van der Waals surface area contributed by atoms with E-state index >= 15 is 0 Å². The van der Waals surface area contributed by atoms with Gasteiger partial charge in [0, 0.05) is 13.7 Å². The van der Waals surface area contributed by atoms with E-state index in [4.69, 9.17) is 4.74 Å². The highest BCUT2D eigenvalue weighted by Crippen LogP contribution is 2.26. The van der Waals surface area contributed by atoms with Gasteiger partial charge in [0.1, 0.15) is 0 Å². The number of ether oxygens (including phenoxy) is 1. The highest BCUT2D eigenvalue weighted by Gasteiger charge is 2.38. The lowest BCUT2D eigenvalue weighted by Crippen LogP contribution is -2.28. The second-order valence-corrected chi connectivity index (χ2v) is 11.7. The predicted molar refractivity (Wildman–Crippen MR) is 87.8 cm³/mol. The summed E-state index contributed by atoms with van der Waals surface area (Å²) in [4.78, 5) is -0.389. The Bertz CT molecular complexity index is 905. The Morgan fingerprint density at radius 2 is 1.88 bits per heavy atom. The zero-order valence-electron chi connectivity index (χ0n) is 13.0. The smallest absolute Gasteiger partial charge is 0.240 e. The van der Waals surface area contributed by atoms with Crippen molar-refractivity contribution in [2.45, 2.75) is 21.5 Å². The largest absolute Gasteiger partial charge is 0.383 e. The third-order valence-corrected chi connectivity index (χ3v) is 9.30. The molecule has 0 aliphatic carbocycles. The van der Waals surface area contributed by atoms with Crippen LogP contribution >= 0.6 is 0 Å². The number of hydrogen-bond acceptors (Lipinski definition) is 7. The molecular formula is C13H19NO7S3. The molecule has 0 amide bonds. The Labute approximate surface area is 142 Å². The molecule has 0 bridgehead atoms. The highest BCUT2D eigenvalue weighted by molar-refractivity contribution is 7.96. The molecule has 11 heteroatoms. The molecule has 1 N–H and O–H groups in total. The van der Waals surface area contributed by atoms with Gasteiger partial charge in [-0.2, -0.15) is 0 Å². The highest BCUT2D eigenvalue weighted by atomic mass is 32.2. The van der Waals surface area contributed by atoms with Crippen LogP contribution in [0.5, 0.6) is 0 Å². The van der Waals surface area contributed by atoms with E-state index in [9.17, 15) is 25.3 Å². The van der Waals surface area contributed by atoms with E-state index in [0.29, 0.717) is 0 Å². The molecule has 2 rings (SSSR count). The molecule has 1 aromatic rings. The molecule has 136 valence electrons. The van der Waals surface area contributed by atoms with Crippen molar-refractivity contribution in [3.05, 3.63) is 24.3 Å². The number of sulfonamides is 1. The maximum absolute atomic E-state index is 12.6. The summed E-state index contributed by atoms with van der Waals surface area (Å²) >= 11 is 0. The van der Waals surface area contributed by atoms with Crippen LogP contribution in [-0.4, -0.2) is 62.3 Å². The van der Waals surface area contributed by atoms with Gasteiger partial charge in [0.15, 0.2) is 19.7 Å².